The normalized spacial score (nSPS) is 17.5. The van der Waals surface area contributed by atoms with Gasteiger partial charge in [-0.25, -0.2) is 0 Å². The minimum atomic E-state index is 0.111. The molecule has 0 saturated carbocycles. The highest BCUT2D eigenvalue weighted by Crippen LogP contribution is 2.27. The predicted molar refractivity (Wildman–Crippen MR) is 84.7 cm³/mol. The number of carbonyl (C=O) groups excluding carboxylic acids is 1. The monoisotopic (exact) mass is 283 g/mol. The zero-order valence-corrected chi connectivity index (χ0v) is 12.8. The Morgan fingerprint density at radius 3 is 2.52 bits per heavy atom. The first kappa shape index (κ1) is 13.7. The third kappa shape index (κ3) is 2.42. The molecule has 1 aliphatic rings. The molecule has 4 nitrogen and oxygen atoms in total. The maximum Gasteiger partial charge on any atom is 0.254 e. The molecule has 0 aliphatic carbocycles. The van der Waals surface area contributed by atoms with Crippen LogP contribution in [0.4, 0.5) is 5.69 Å². The van der Waals surface area contributed by atoms with Gasteiger partial charge in [-0.1, -0.05) is 0 Å². The van der Waals surface area contributed by atoms with Crippen LogP contribution < -0.4 is 4.90 Å². The lowest BCUT2D eigenvalue weighted by molar-refractivity contribution is 0.0644. The van der Waals surface area contributed by atoms with Crippen molar-refractivity contribution in [1.82, 2.24) is 9.47 Å². The summed E-state index contributed by atoms with van der Waals surface area (Å²) in [7, 11) is 4.00. The number of anilines is 1. The van der Waals surface area contributed by atoms with Crippen LogP contribution in [0.5, 0.6) is 0 Å². The van der Waals surface area contributed by atoms with E-state index in [1.54, 1.807) is 0 Å². The molecule has 1 amide bonds. The average Bonchev–Trinajstić information content (AvgIpc) is 2.96. The zero-order valence-electron chi connectivity index (χ0n) is 12.8. The molecule has 0 bridgehead atoms. The number of carbonyl (C=O) groups is 1. The molecule has 1 atom stereocenters. The van der Waals surface area contributed by atoms with Gasteiger partial charge in [0.15, 0.2) is 0 Å². The molecular formula is C17H21N3O. The van der Waals surface area contributed by atoms with Crippen LogP contribution in [0.1, 0.15) is 29.0 Å². The maximum absolute atomic E-state index is 12.7. The molecule has 3 rings (SSSR count). The van der Waals surface area contributed by atoms with Crippen molar-refractivity contribution in [3.63, 3.8) is 0 Å². The second-order valence-electron chi connectivity index (χ2n) is 5.74. The number of fused-ring (bicyclic) bond motifs is 1. The van der Waals surface area contributed by atoms with Gasteiger partial charge >= 0.3 is 0 Å². The van der Waals surface area contributed by atoms with Gasteiger partial charge in [0.05, 0.1) is 6.04 Å². The molecule has 2 heterocycles. The lowest BCUT2D eigenvalue weighted by atomic mass is 10.1. The first-order chi connectivity index (χ1) is 10.1. The van der Waals surface area contributed by atoms with Crippen LogP contribution in [-0.2, 0) is 6.54 Å². The van der Waals surface area contributed by atoms with Gasteiger partial charge in [-0.15, -0.1) is 0 Å². The van der Waals surface area contributed by atoms with Gasteiger partial charge in [0.25, 0.3) is 5.91 Å². The second-order valence-corrected chi connectivity index (χ2v) is 5.74. The summed E-state index contributed by atoms with van der Waals surface area (Å²) < 4.78 is 2.23. The minimum Gasteiger partial charge on any atom is -0.378 e. The topological polar surface area (TPSA) is 28.5 Å². The highest BCUT2D eigenvalue weighted by atomic mass is 16.2. The summed E-state index contributed by atoms with van der Waals surface area (Å²) in [4.78, 5) is 16.7. The van der Waals surface area contributed by atoms with Crippen molar-refractivity contribution in [2.45, 2.75) is 19.5 Å². The Morgan fingerprint density at radius 1 is 1.14 bits per heavy atom. The van der Waals surface area contributed by atoms with Gasteiger partial charge in [0, 0.05) is 50.3 Å². The summed E-state index contributed by atoms with van der Waals surface area (Å²) in [5.41, 5.74) is 3.07. The number of rotatable bonds is 2. The Labute approximate surface area is 125 Å². The molecule has 4 heteroatoms. The van der Waals surface area contributed by atoms with E-state index in [1.165, 1.54) is 5.69 Å². The van der Waals surface area contributed by atoms with E-state index in [9.17, 15) is 4.79 Å². The molecule has 0 radical (unpaired) electrons. The lowest BCUT2D eigenvalue weighted by Gasteiger charge is -2.35. The van der Waals surface area contributed by atoms with Crippen molar-refractivity contribution in [1.29, 1.82) is 0 Å². The number of aromatic nitrogens is 1. The van der Waals surface area contributed by atoms with Gasteiger partial charge < -0.3 is 14.4 Å². The number of nitrogens with zero attached hydrogens (tertiary/aromatic N) is 3. The number of hydrogen-bond donors (Lipinski definition) is 0. The lowest BCUT2D eigenvalue weighted by Crippen LogP contribution is -2.40. The first-order valence-corrected chi connectivity index (χ1v) is 7.31. The summed E-state index contributed by atoms with van der Waals surface area (Å²) in [6, 6.07) is 12.1. The van der Waals surface area contributed by atoms with Crippen LogP contribution in [0, 0.1) is 0 Å². The van der Waals surface area contributed by atoms with Crippen molar-refractivity contribution in [3.8, 4) is 0 Å². The summed E-state index contributed by atoms with van der Waals surface area (Å²) in [6.07, 6.45) is 2.08. The fraction of sp³-hybridized carbons (Fsp3) is 0.353. The van der Waals surface area contributed by atoms with Crippen molar-refractivity contribution < 1.29 is 4.79 Å². The third-order valence-corrected chi connectivity index (χ3v) is 4.23. The van der Waals surface area contributed by atoms with Crippen molar-refractivity contribution >= 4 is 11.6 Å². The summed E-state index contributed by atoms with van der Waals surface area (Å²) >= 11 is 0. The van der Waals surface area contributed by atoms with E-state index >= 15 is 0 Å². The fourth-order valence-electron chi connectivity index (χ4n) is 2.92. The molecule has 2 aromatic rings. The SMILES string of the molecule is CC1c2cccn2CCN1C(=O)c1ccc(N(C)C)cc1. The summed E-state index contributed by atoms with van der Waals surface area (Å²) in [5, 5.41) is 0. The Kier molecular flexibility index (Phi) is 3.45. The van der Waals surface area contributed by atoms with Crippen molar-refractivity contribution in [2.24, 2.45) is 0 Å². The second kappa shape index (κ2) is 5.28. The Morgan fingerprint density at radius 2 is 1.86 bits per heavy atom. The molecule has 1 aromatic carbocycles. The standard InChI is InChI=1S/C17H21N3O/c1-13-16-5-4-10-19(16)11-12-20(13)17(21)14-6-8-15(9-7-14)18(2)3/h4-10,13H,11-12H2,1-3H3. The number of hydrogen-bond acceptors (Lipinski definition) is 2. The van der Waals surface area contributed by atoms with E-state index in [2.05, 4.69) is 23.8 Å². The van der Waals surface area contributed by atoms with Crippen molar-refractivity contribution in [3.05, 3.63) is 53.9 Å². The minimum absolute atomic E-state index is 0.111. The van der Waals surface area contributed by atoms with Crippen LogP contribution in [0.3, 0.4) is 0 Å². The maximum atomic E-state index is 12.7. The zero-order chi connectivity index (χ0) is 15.0. The molecule has 1 aliphatic heterocycles. The molecule has 0 fully saturated rings. The molecule has 0 saturated heterocycles. The van der Waals surface area contributed by atoms with E-state index in [-0.39, 0.29) is 11.9 Å². The summed E-state index contributed by atoms with van der Waals surface area (Å²) in [6.45, 7) is 3.72. The molecule has 1 aromatic heterocycles. The highest BCUT2D eigenvalue weighted by molar-refractivity contribution is 5.94. The molecule has 0 N–H and O–H groups in total. The van der Waals surface area contributed by atoms with E-state index in [0.29, 0.717) is 0 Å². The fourth-order valence-corrected chi connectivity index (χ4v) is 2.92. The van der Waals surface area contributed by atoms with E-state index in [4.69, 9.17) is 0 Å². The van der Waals surface area contributed by atoms with E-state index in [1.807, 2.05) is 54.2 Å². The van der Waals surface area contributed by atoms with Crippen LogP contribution in [0.2, 0.25) is 0 Å². The van der Waals surface area contributed by atoms with Crippen LogP contribution in [-0.4, -0.2) is 36.0 Å². The third-order valence-electron chi connectivity index (χ3n) is 4.23. The molecular weight excluding hydrogens is 262 g/mol. The van der Waals surface area contributed by atoms with E-state index < -0.39 is 0 Å². The number of benzene rings is 1. The first-order valence-electron chi connectivity index (χ1n) is 7.31. The van der Waals surface area contributed by atoms with Gasteiger partial charge in [0.2, 0.25) is 0 Å². The largest absolute Gasteiger partial charge is 0.378 e. The molecule has 0 spiro atoms. The van der Waals surface area contributed by atoms with Crippen molar-refractivity contribution in [2.75, 3.05) is 25.5 Å². The van der Waals surface area contributed by atoms with Gasteiger partial charge in [-0.05, 0) is 43.3 Å². The molecule has 21 heavy (non-hydrogen) atoms. The molecule has 110 valence electrons. The quantitative estimate of drug-likeness (QED) is 0.848. The summed E-state index contributed by atoms with van der Waals surface area (Å²) in [5.74, 6) is 0.111. The Balaban J connectivity index is 1.82. The predicted octanol–water partition coefficient (Wildman–Crippen LogP) is 2.77. The van der Waals surface area contributed by atoms with Crippen LogP contribution >= 0.6 is 0 Å². The van der Waals surface area contributed by atoms with Gasteiger partial charge in [-0.2, -0.15) is 0 Å². The van der Waals surface area contributed by atoms with E-state index in [0.717, 1.165) is 24.3 Å². The highest BCUT2D eigenvalue weighted by Gasteiger charge is 2.27. The Hall–Kier alpha value is -2.23. The Bertz CT molecular complexity index is 642. The van der Waals surface area contributed by atoms with Crippen LogP contribution in [0.25, 0.3) is 0 Å². The van der Waals surface area contributed by atoms with Gasteiger partial charge in [0.1, 0.15) is 0 Å². The number of amides is 1. The molecule has 1 unspecified atom stereocenters. The average molecular weight is 283 g/mol. The van der Waals surface area contributed by atoms with Gasteiger partial charge in [-0.3, -0.25) is 4.79 Å². The smallest absolute Gasteiger partial charge is 0.254 e. The van der Waals surface area contributed by atoms with Crippen LogP contribution in [0.15, 0.2) is 42.6 Å².